The van der Waals surface area contributed by atoms with E-state index in [-0.39, 0.29) is 11.9 Å². The van der Waals surface area contributed by atoms with Crippen LogP contribution in [0.2, 0.25) is 0 Å². The lowest BCUT2D eigenvalue weighted by atomic mass is 10.1. The molecule has 1 heterocycles. The van der Waals surface area contributed by atoms with E-state index in [0.717, 1.165) is 30.8 Å². The molecule has 1 amide bonds. The van der Waals surface area contributed by atoms with Crippen LogP contribution < -0.4 is 10.6 Å². The summed E-state index contributed by atoms with van der Waals surface area (Å²) in [5.74, 6) is 1.04. The van der Waals surface area contributed by atoms with Crippen LogP contribution in [0.4, 0.5) is 5.69 Å². The fourth-order valence-electron chi connectivity index (χ4n) is 2.18. The molecule has 1 fully saturated rings. The van der Waals surface area contributed by atoms with E-state index in [9.17, 15) is 4.79 Å². The molecule has 0 aliphatic carbocycles. The van der Waals surface area contributed by atoms with Crippen LogP contribution in [-0.4, -0.2) is 24.2 Å². The number of amides is 1. The SMILES string of the molecule is C=CCSc1ccccc1NC1CCCNC(=O)C1. The van der Waals surface area contributed by atoms with Crippen LogP contribution in [0.15, 0.2) is 41.8 Å². The number of carbonyl (C=O) groups is 1. The number of benzene rings is 1. The second-order valence-electron chi connectivity index (χ2n) is 4.63. The Hall–Kier alpha value is -1.42. The van der Waals surface area contributed by atoms with Gasteiger partial charge in [0.2, 0.25) is 5.91 Å². The number of rotatable bonds is 5. The molecule has 0 aromatic heterocycles. The summed E-state index contributed by atoms with van der Waals surface area (Å²) in [6.45, 7) is 4.54. The Kier molecular flexibility index (Phi) is 5.33. The van der Waals surface area contributed by atoms with E-state index in [1.54, 1.807) is 11.8 Å². The van der Waals surface area contributed by atoms with Crippen LogP contribution in [0.1, 0.15) is 19.3 Å². The van der Waals surface area contributed by atoms with Crippen molar-refractivity contribution in [3.05, 3.63) is 36.9 Å². The first kappa shape index (κ1) is 14.0. The Morgan fingerprint density at radius 3 is 3.16 bits per heavy atom. The van der Waals surface area contributed by atoms with Crippen molar-refractivity contribution < 1.29 is 4.79 Å². The third-order valence-electron chi connectivity index (χ3n) is 3.09. The normalized spacial score (nSPS) is 19.4. The van der Waals surface area contributed by atoms with Crippen molar-refractivity contribution in [1.82, 2.24) is 5.32 Å². The molecule has 0 radical (unpaired) electrons. The number of hydrogen-bond acceptors (Lipinski definition) is 3. The molecule has 1 saturated heterocycles. The van der Waals surface area contributed by atoms with Gasteiger partial charge in [0, 0.05) is 35.3 Å². The molecular weight excluding hydrogens is 256 g/mol. The molecular formula is C15H20N2OS. The molecule has 1 aliphatic rings. The lowest BCUT2D eigenvalue weighted by Crippen LogP contribution is -2.26. The van der Waals surface area contributed by atoms with E-state index >= 15 is 0 Å². The minimum atomic E-state index is 0.145. The molecule has 1 atom stereocenters. The van der Waals surface area contributed by atoms with Crippen molar-refractivity contribution in [2.75, 3.05) is 17.6 Å². The summed E-state index contributed by atoms with van der Waals surface area (Å²) < 4.78 is 0. The van der Waals surface area contributed by atoms with Crippen molar-refractivity contribution in [3.8, 4) is 0 Å². The van der Waals surface area contributed by atoms with Gasteiger partial charge in [-0.25, -0.2) is 0 Å². The molecule has 1 unspecified atom stereocenters. The highest BCUT2D eigenvalue weighted by atomic mass is 32.2. The van der Waals surface area contributed by atoms with Gasteiger partial charge >= 0.3 is 0 Å². The largest absolute Gasteiger partial charge is 0.381 e. The Labute approximate surface area is 118 Å². The van der Waals surface area contributed by atoms with Crippen molar-refractivity contribution in [2.45, 2.75) is 30.2 Å². The first-order valence-electron chi connectivity index (χ1n) is 6.65. The molecule has 2 rings (SSSR count). The number of hydrogen-bond donors (Lipinski definition) is 2. The van der Waals surface area contributed by atoms with Crippen molar-refractivity contribution in [2.24, 2.45) is 0 Å². The summed E-state index contributed by atoms with van der Waals surface area (Å²) in [7, 11) is 0. The minimum Gasteiger partial charge on any atom is -0.381 e. The van der Waals surface area contributed by atoms with Crippen molar-refractivity contribution in [3.63, 3.8) is 0 Å². The first-order chi connectivity index (χ1) is 9.29. The summed E-state index contributed by atoms with van der Waals surface area (Å²) in [6.07, 6.45) is 4.52. The second kappa shape index (κ2) is 7.24. The maximum absolute atomic E-state index is 11.6. The summed E-state index contributed by atoms with van der Waals surface area (Å²) in [5, 5.41) is 6.42. The van der Waals surface area contributed by atoms with E-state index < -0.39 is 0 Å². The fraction of sp³-hybridized carbons (Fsp3) is 0.400. The average Bonchev–Trinajstić information content (AvgIpc) is 2.62. The molecule has 102 valence electrons. The zero-order valence-corrected chi connectivity index (χ0v) is 11.8. The van der Waals surface area contributed by atoms with Gasteiger partial charge < -0.3 is 10.6 Å². The van der Waals surface area contributed by atoms with Crippen LogP contribution in [0.5, 0.6) is 0 Å². The van der Waals surface area contributed by atoms with Gasteiger partial charge in [-0.2, -0.15) is 0 Å². The monoisotopic (exact) mass is 276 g/mol. The minimum absolute atomic E-state index is 0.145. The van der Waals surface area contributed by atoms with E-state index in [4.69, 9.17) is 0 Å². The summed E-state index contributed by atoms with van der Waals surface area (Å²) in [4.78, 5) is 12.8. The quantitative estimate of drug-likeness (QED) is 0.641. The zero-order chi connectivity index (χ0) is 13.5. The summed E-state index contributed by atoms with van der Waals surface area (Å²) in [6, 6.07) is 8.47. The highest BCUT2D eigenvalue weighted by Crippen LogP contribution is 2.28. The van der Waals surface area contributed by atoms with Crippen molar-refractivity contribution >= 4 is 23.4 Å². The predicted octanol–water partition coefficient (Wildman–Crippen LogP) is 3.05. The topological polar surface area (TPSA) is 41.1 Å². The third kappa shape index (κ3) is 4.31. The molecule has 1 aliphatic heterocycles. The van der Waals surface area contributed by atoms with Gasteiger partial charge in [-0.05, 0) is 25.0 Å². The highest BCUT2D eigenvalue weighted by Gasteiger charge is 2.17. The maximum atomic E-state index is 11.6. The number of para-hydroxylation sites is 1. The Morgan fingerprint density at radius 2 is 2.32 bits per heavy atom. The van der Waals surface area contributed by atoms with Crippen LogP contribution in [-0.2, 0) is 4.79 Å². The molecule has 19 heavy (non-hydrogen) atoms. The molecule has 1 aromatic carbocycles. The van der Waals surface area contributed by atoms with E-state index in [2.05, 4.69) is 29.3 Å². The molecule has 4 heteroatoms. The van der Waals surface area contributed by atoms with E-state index in [0.29, 0.717) is 6.42 Å². The van der Waals surface area contributed by atoms with E-state index in [1.807, 2.05) is 18.2 Å². The molecule has 0 spiro atoms. The van der Waals surface area contributed by atoms with Gasteiger partial charge in [0.25, 0.3) is 0 Å². The fourth-order valence-corrected chi connectivity index (χ4v) is 2.93. The third-order valence-corrected chi connectivity index (χ3v) is 4.16. The van der Waals surface area contributed by atoms with Crippen LogP contribution >= 0.6 is 11.8 Å². The highest BCUT2D eigenvalue weighted by molar-refractivity contribution is 7.99. The van der Waals surface area contributed by atoms with Gasteiger partial charge in [0.15, 0.2) is 0 Å². The molecule has 2 N–H and O–H groups in total. The maximum Gasteiger partial charge on any atom is 0.222 e. The predicted molar refractivity (Wildman–Crippen MR) is 81.6 cm³/mol. The average molecular weight is 276 g/mol. The van der Waals surface area contributed by atoms with E-state index in [1.165, 1.54) is 4.90 Å². The second-order valence-corrected chi connectivity index (χ2v) is 5.70. The Bertz CT molecular complexity index is 448. The van der Waals surface area contributed by atoms with Crippen LogP contribution in [0.25, 0.3) is 0 Å². The smallest absolute Gasteiger partial charge is 0.222 e. The number of anilines is 1. The van der Waals surface area contributed by atoms with Gasteiger partial charge in [-0.3, -0.25) is 4.79 Å². The number of thioether (sulfide) groups is 1. The van der Waals surface area contributed by atoms with Gasteiger partial charge in [-0.1, -0.05) is 18.2 Å². The number of carbonyl (C=O) groups excluding carboxylic acids is 1. The van der Waals surface area contributed by atoms with Gasteiger partial charge in [-0.15, -0.1) is 18.3 Å². The number of nitrogens with one attached hydrogen (secondary N) is 2. The Morgan fingerprint density at radius 1 is 1.47 bits per heavy atom. The molecule has 1 aromatic rings. The van der Waals surface area contributed by atoms with Crippen LogP contribution in [0, 0.1) is 0 Å². The summed E-state index contributed by atoms with van der Waals surface area (Å²) in [5.41, 5.74) is 1.12. The standard InChI is InChI=1S/C15H20N2OS/c1-2-10-19-14-8-4-3-7-13(14)17-12-6-5-9-16-15(18)11-12/h2-4,7-8,12,17H,1,5-6,9-11H2,(H,16,18). The van der Waals surface area contributed by atoms with Gasteiger partial charge in [0.1, 0.15) is 0 Å². The van der Waals surface area contributed by atoms with Gasteiger partial charge in [0.05, 0.1) is 0 Å². The van der Waals surface area contributed by atoms with Crippen molar-refractivity contribution in [1.29, 1.82) is 0 Å². The summed E-state index contributed by atoms with van der Waals surface area (Å²) >= 11 is 1.76. The lowest BCUT2D eigenvalue weighted by molar-refractivity contribution is -0.120. The lowest BCUT2D eigenvalue weighted by Gasteiger charge is -2.18. The van der Waals surface area contributed by atoms with Crippen LogP contribution in [0.3, 0.4) is 0 Å². The zero-order valence-electron chi connectivity index (χ0n) is 11.0. The molecule has 3 nitrogen and oxygen atoms in total. The Balaban J connectivity index is 2.04. The molecule has 0 saturated carbocycles. The first-order valence-corrected chi connectivity index (χ1v) is 7.64. The molecule has 0 bridgehead atoms.